The Hall–Kier alpha value is -1.60. The Bertz CT molecular complexity index is 538. The van der Waals surface area contributed by atoms with Crippen molar-refractivity contribution in [2.75, 3.05) is 0 Å². The molecule has 0 radical (unpaired) electrons. The van der Waals surface area contributed by atoms with Crippen molar-refractivity contribution in [3.63, 3.8) is 0 Å². The van der Waals surface area contributed by atoms with E-state index in [-0.39, 0.29) is 0 Å². The highest BCUT2D eigenvalue weighted by Gasteiger charge is 2.31. The van der Waals surface area contributed by atoms with Gasteiger partial charge in [-0.05, 0) is 26.8 Å². The van der Waals surface area contributed by atoms with Gasteiger partial charge in [0.05, 0.1) is 0 Å². The fourth-order valence-electron chi connectivity index (χ4n) is 2.69. The van der Waals surface area contributed by atoms with Crippen LogP contribution in [-0.2, 0) is 0 Å². The summed E-state index contributed by atoms with van der Waals surface area (Å²) in [4.78, 5) is 0. The molecule has 0 aliphatic rings. The van der Waals surface area contributed by atoms with E-state index < -0.39 is 8.07 Å². The molecule has 0 aliphatic heterocycles. The molecular weight excluding hydrogens is 256 g/mol. The molecule has 0 bridgehead atoms. The smallest absolute Gasteiger partial charge is 0.0778 e. The Balaban J connectivity index is 2.52. The molecule has 0 saturated carbocycles. The van der Waals surface area contributed by atoms with Crippen LogP contribution in [0.25, 0.3) is 0 Å². The lowest BCUT2D eigenvalue weighted by molar-refractivity contribution is 1.21. The summed E-state index contributed by atoms with van der Waals surface area (Å²) < 4.78 is 0. The quantitative estimate of drug-likeness (QED) is 0.580. The van der Waals surface area contributed by atoms with Gasteiger partial charge >= 0.3 is 0 Å². The second kappa shape index (κ2) is 6.23. The maximum Gasteiger partial charge on any atom is 0.119 e. The molecule has 1 heteroatoms. The Morgan fingerprint density at radius 2 is 1.15 bits per heavy atom. The van der Waals surface area contributed by atoms with Gasteiger partial charge in [-0.1, -0.05) is 88.7 Å². The van der Waals surface area contributed by atoms with E-state index in [1.165, 1.54) is 27.6 Å². The van der Waals surface area contributed by atoms with Gasteiger partial charge in [0.15, 0.2) is 0 Å². The van der Waals surface area contributed by atoms with Crippen molar-refractivity contribution in [1.29, 1.82) is 0 Å². The van der Waals surface area contributed by atoms with Crippen molar-refractivity contribution in [2.45, 2.75) is 33.4 Å². The lowest BCUT2D eigenvalue weighted by Gasteiger charge is -2.29. The highest BCUT2D eigenvalue weighted by atomic mass is 28.3. The van der Waals surface area contributed by atoms with Gasteiger partial charge in [0.25, 0.3) is 0 Å². The van der Waals surface area contributed by atoms with Crippen LogP contribution in [0.4, 0.5) is 0 Å². The van der Waals surface area contributed by atoms with Gasteiger partial charge < -0.3 is 0 Å². The van der Waals surface area contributed by atoms with Crippen molar-refractivity contribution >= 4 is 18.4 Å². The maximum atomic E-state index is 2.49. The molecule has 0 fully saturated rings. The minimum Gasteiger partial charge on any atom is -0.0778 e. The van der Waals surface area contributed by atoms with E-state index in [9.17, 15) is 0 Å². The highest BCUT2D eigenvalue weighted by molar-refractivity contribution is 7.01. The average Bonchev–Trinajstić information content (AvgIpc) is 2.48. The van der Waals surface area contributed by atoms with Crippen LogP contribution in [0.15, 0.2) is 71.8 Å². The molecule has 2 aromatic carbocycles. The normalized spacial score (nSPS) is 11.2. The van der Waals surface area contributed by atoms with Gasteiger partial charge in [-0.2, -0.15) is 0 Å². The molecule has 0 N–H and O–H groups in total. The summed E-state index contributed by atoms with van der Waals surface area (Å²) >= 11 is 0. The van der Waals surface area contributed by atoms with Crippen LogP contribution < -0.4 is 10.4 Å². The van der Waals surface area contributed by atoms with Gasteiger partial charge in [0.1, 0.15) is 8.07 Å². The van der Waals surface area contributed by atoms with E-state index in [1.54, 1.807) is 0 Å². The van der Waals surface area contributed by atoms with E-state index in [1.807, 2.05) is 0 Å². The third-order valence-electron chi connectivity index (χ3n) is 4.29. The van der Waals surface area contributed by atoms with Crippen LogP contribution >= 0.6 is 0 Å². The number of hydrogen-bond donors (Lipinski definition) is 0. The highest BCUT2D eigenvalue weighted by Crippen LogP contribution is 2.19. The summed E-state index contributed by atoms with van der Waals surface area (Å²) in [5, 5.41) is 3.04. The first kappa shape index (κ1) is 14.8. The summed E-state index contributed by atoms with van der Waals surface area (Å²) in [5.41, 5.74) is 2.99. The van der Waals surface area contributed by atoms with E-state index in [0.29, 0.717) is 0 Å². The van der Waals surface area contributed by atoms with Crippen molar-refractivity contribution in [2.24, 2.45) is 0 Å². The molecule has 0 aromatic heterocycles. The number of allylic oxidation sites excluding steroid dienone is 2. The van der Waals surface area contributed by atoms with Crippen LogP contribution in [-0.4, -0.2) is 8.07 Å². The molecule has 0 spiro atoms. The van der Waals surface area contributed by atoms with Crippen LogP contribution in [0.1, 0.15) is 20.8 Å². The van der Waals surface area contributed by atoms with E-state index >= 15 is 0 Å². The maximum absolute atomic E-state index is 2.49. The minimum atomic E-state index is -1.69. The molecule has 2 rings (SSSR count). The zero-order chi connectivity index (χ0) is 14.6. The summed E-state index contributed by atoms with van der Waals surface area (Å²) in [5.74, 6) is 0. The summed E-state index contributed by atoms with van der Waals surface area (Å²) in [6.45, 7) is 9.22. The largest absolute Gasteiger partial charge is 0.119 e. The Kier molecular flexibility index (Phi) is 4.61. The van der Waals surface area contributed by atoms with E-state index in [0.717, 1.165) is 0 Å². The molecule has 0 amide bonds. The average molecular weight is 280 g/mol. The predicted molar refractivity (Wildman–Crippen MR) is 92.6 cm³/mol. The van der Waals surface area contributed by atoms with E-state index in [2.05, 4.69) is 88.0 Å². The molecular formula is C19H24Si. The summed E-state index contributed by atoms with van der Waals surface area (Å²) in [7, 11) is -1.69. The van der Waals surface area contributed by atoms with Crippen LogP contribution in [0.5, 0.6) is 0 Å². The minimum absolute atomic E-state index is 1.20. The molecule has 0 heterocycles. The third-order valence-corrected chi connectivity index (χ3v) is 8.75. The SMILES string of the molecule is CC(C)=C(C)C[Si](C)(c1ccccc1)c1ccccc1. The van der Waals surface area contributed by atoms with Crippen LogP contribution in [0, 0.1) is 0 Å². The van der Waals surface area contributed by atoms with Crippen molar-refractivity contribution < 1.29 is 0 Å². The topological polar surface area (TPSA) is 0 Å². The third kappa shape index (κ3) is 3.10. The predicted octanol–water partition coefficient (Wildman–Crippen LogP) is 4.24. The molecule has 20 heavy (non-hydrogen) atoms. The fourth-order valence-corrected chi connectivity index (χ4v) is 6.70. The van der Waals surface area contributed by atoms with Crippen LogP contribution in [0.3, 0.4) is 0 Å². The monoisotopic (exact) mass is 280 g/mol. The van der Waals surface area contributed by atoms with Crippen molar-refractivity contribution in [3.8, 4) is 0 Å². The lowest BCUT2D eigenvalue weighted by Crippen LogP contribution is -2.55. The first-order valence-corrected chi connectivity index (χ1v) is 9.99. The van der Waals surface area contributed by atoms with E-state index in [4.69, 9.17) is 0 Å². The molecule has 0 aliphatic carbocycles. The molecule has 0 atom stereocenters. The summed E-state index contributed by atoms with van der Waals surface area (Å²) in [6, 6.07) is 23.3. The van der Waals surface area contributed by atoms with Crippen LogP contribution in [0.2, 0.25) is 12.6 Å². The lowest BCUT2D eigenvalue weighted by atomic mass is 10.2. The van der Waals surface area contributed by atoms with Gasteiger partial charge in [-0.25, -0.2) is 0 Å². The fraction of sp³-hybridized carbons (Fsp3) is 0.263. The molecule has 0 nitrogen and oxygen atoms in total. The zero-order valence-corrected chi connectivity index (χ0v) is 14.0. The Morgan fingerprint density at radius 3 is 1.50 bits per heavy atom. The van der Waals surface area contributed by atoms with Crippen molar-refractivity contribution in [1.82, 2.24) is 0 Å². The Labute approximate surface area is 124 Å². The second-order valence-corrected chi connectivity index (χ2v) is 10.2. The summed E-state index contributed by atoms with van der Waals surface area (Å²) in [6.07, 6.45) is 0. The number of hydrogen-bond acceptors (Lipinski definition) is 0. The first-order chi connectivity index (χ1) is 9.54. The molecule has 2 aromatic rings. The Morgan fingerprint density at radius 1 is 0.750 bits per heavy atom. The second-order valence-electron chi connectivity index (χ2n) is 6.02. The molecule has 0 saturated heterocycles. The van der Waals surface area contributed by atoms with Gasteiger partial charge in [0.2, 0.25) is 0 Å². The van der Waals surface area contributed by atoms with Gasteiger partial charge in [0, 0.05) is 0 Å². The number of rotatable bonds is 4. The standard InChI is InChI=1S/C19H24Si/c1-16(2)17(3)15-20(4,18-11-7-5-8-12-18)19-13-9-6-10-14-19/h5-14H,15H2,1-4H3. The number of benzene rings is 2. The first-order valence-electron chi connectivity index (χ1n) is 7.28. The zero-order valence-electron chi connectivity index (χ0n) is 13.0. The molecule has 0 unspecified atom stereocenters. The van der Waals surface area contributed by atoms with Crippen molar-refractivity contribution in [3.05, 3.63) is 71.8 Å². The van der Waals surface area contributed by atoms with Gasteiger partial charge in [-0.15, -0.1) is 0 Å². The van der Waals surface area contributed by atoms with Gasteiger partial charge in [-0.3, -0.25) is 0 Å². The molecule has 104 valence electrons.